The highest BCUT2D eigenvalue weighted by Crippen LogP contribution is 2.32. The number of likely N-dealkylation sites (tertiary alicyclic amines) is 1. The highest BCUT2D eigenvalue weighted by Gasteiger charge is 2.38. The van der Waals surface area contributed by atoms with E-state index < -0.39 is 11.9 Å². The van der Waals surface area contributed by atoms with Gasteiger partial charge in [0.2, 0.25) is 11.8 Å². The first-order valence-electron chi connectivity index (χ1n) is 7.79. The molecule has 21 heavy (non-hydrogen) atoms. The van der Waals surface area contributed by atoms with E-state index in [1.165, 1.54) is 0 Å². The fraction of sp³-hybridized carbons (Fsp3) is 0.800. The number of hydrogen-bond donors (Lipinski definition) is 2. The van der Waals surface area contributed by atoms with Crippen LogP contribution in [0.1, 0.15) is 44.9 Å². The van der Waals surface area contributed by atoms with Gasteiger partial charge in [-0.2, -0.15) is 0 Å². The summed E-state index contributed by atoms with van der Waals surface area (Å²) >= 11 is 0. The molecular weight excluding hydrogens is 272 g/mol. The number of nitrogens with one attached hydrogen (secondary N) is 1. The molecule has 6 nitrogen and oxygen atoms in total. The van der Waals surface area contributed by atoms with Gasteiger partial charge in [-0.15, -0.1) is 0 Å². The molecule has 0 aromatic carbocycles. The molecule has 1 aliphatic carbocycles. The van der Waals surface area contributed by atoms with Crippen LogP contribution in [0.3, 0.4) is 0 Å². The number of carboxylic acid groups (broad SMARTS) is 1. The second-order valence-electron chi connectivity index (χ2n) is 6.06. The zero-order chi connectivity index (χ0) is 15.4. The Morgan fingerprint density at radius 2 is 1.76 bits per heavy atom. The van der Waals surface area contributed by atoms with Gasteiger partial charge in [-0.25, -0.2) is 0 Å². The molecule has 2 amide bonds. The fourth-order valence-electron chi connectivity index (χ4n) is 3.51. The summed E-state index contributed by atoms with van der Waals surface area (Å²) in [5.41, 5.74) is 0. The Labute approximate surface area is 124 Å². The highest BCUT2D eigenvalue weighted by molar-refractivity contribution is 5.89. The van der Waals surface area contributed by atoms with E-state index in [1.807, 2.05) is 0 Å². The highest BCUT2D eigenvalue weighted by atomic mass is 16.4. The lowest BCUT2D eigenvalue weighted by Gasteiger charge is -2.38. The second kappa shape index (κ2) is 6.91. The number of amides is 2. The van der Waals surface area contributed by atoms with E-state index in [0.717, 1.165) is 25.7 Å². The molecule has 2 fully saturated rings. The minimum atomic E-state index is -0.811. The smallest absolute Gasteiger partial charge is 0.306 e. The van der Waals surface area contributed by atoms with Crippen LogP contribution in [-0.2, 0) is 14.4 Å². The Hall–Kier alpha value is -1.59. The summed E-state index contributed by atoms with van der Waals surface area (Å²) in [5, 5.41) is 11.8. The Morgan fingerprint density at radius 1 is 1.05 bits per heavy atom. The summed E-state index contributed by atoms with van der Waals surface area (Å²) in [5.74, 6) is -1.63. The standard InChI is InChI=1S/C15H24N2O4/c1-16-13(18)12-7-2-3-8-17(12)14(19)10-5-4-6-11(9-10)15(20)21/h10-12H,2-9H2,1H3,(H,16,18)(H,20,21). The van der Waals surface area contributed by atoms with Crippen molar-refractivity contribution in [1.82, 2.24) is 10.2 Å². The van der Waals surface area contributed by atoms with Crippen LogP contribution in [0.25, 0.3) is 0 Å². The Morgan fingerprint density at radius 3 is 2.43 bits per heavy atom. The maximum absolute atomic E-state index is 12.7. The lowest BCUT2D eigenvalue weighted by Crippen LogP contribution is -2.53. The quantitative estimate of drug-likeness (QED) is 0.813. The van der Waals surface area contributed by atoms with E-state index in [4.69, 9.17) is 5.11 Å². The van der Waals surface area contributed by atoms with Gasteiger partial charge in [0.25, 0.3) is 0 Å². The van der Waals surface area contributed by atoms with Crippen LogP contribution in [0, 0.1) is 11.8 Å². The number of rotatable bonds is 3. The lowest BCUT2D eigenvalue weighted by atomic mass is 9.80. The molecule has 0 bridgehead atoms. The van der Waals surface area contributed by atoms with E-state index in [-0.39, 0.29) is 23.8 Å². The van der Waals surface area contributed by atoms with Gasteiger partial charge in [0.15, 0.2) is 0 Å². The van der Waals surface area contributed by atoms with Gasteiger partial charge in [-0.3, -0.25) is 14.4 Å². The third kappa shape index (κ3) is 3.54. The molecule has 2 rings (SSSR count). The monoisotopic (exact) mass is 296 g/mol. The van der Waals surface area contributed by atoms with E-state index in [0.29, 0.717) is 25.8 Å². The van der Waals surface area contributed by atoms with Crippen molar-refractivity contribution in [3.8, 4) is 0 Å². The van der Waals surface area contributed by atoms with Crippen molar-refractivity contribution < 1.29 is 19.5 Å². The molecule has 118 valence electrons. The minimum Gasteiger partial charge on any atom is -0.481 e. The zero-order valence-corrected chi connectivity index (χ0v) is 12.5. The van der Waals surface area contributed by atoms with E-state index in [9.17, 15) is 14.4 Å². The third-order valence-corrected chi connectivity index (χ3v) is 4.71. The number of carboxylic acids is 1. The lowest BCUT2D eigenvalue weighted by molar-refractivity contribution is -0.149. The number of piperidine rings is 1. The summed E-state index contributed by atoms with van der Waals surface area (Å²) in [7, 11) is 1.58. The summed E-state index contributed by atoms with van der Waals surface area (Å²) in [6, 6.07) is -0.388. The molecule has 0 spiro atoms. The molecule has 6 heteroatoms. The first kappa shape index (κ1) is 15.8. The molecule has 1 saturated carbocycles. The molecule has 2 N–H and O–H groups in total. The predicted molar refractivity (Wildman–Crippen MR) is 76.5 cm³/mol. The molecular formula is C15H24N2O4. The summed E-state index contributed by atoms with van der Waals surface area (Å²) in [4.78, 5) is 37.4. The maximum atomic E-state index is 12.7. The number of nitrogens with zero attached hydrogens (tertiary/aromatic N) is 1. The van der Waals surface area contributed by atoms with Gasteiger partial charge in [0.1, 0.15) is 6.04 Å². The SMILES string of the molecule is CNC(=O)C1CCCCN1C(=O)C1CCCC(C(=O)O)C1. The average Bonchev–Trinajstić information content (AvgIpc) is 2.53. The third-order valence-electron chi connectivity index (χ3n) is 4.71. The second-order valence-corrected chi connectivity index (χ2v) is 6.06. The van der Waals surface area contributed by atoms with E-state index in [2.05, 4.69) is 5.32 Å². The van der Waals surface area contributed by atoms with Gasteiger partial charge in [0, 0.05) is 19.5 Å². The van der Waals surface area contributed by atoms with Gasteiger partial charge in [-0.1, -0.05) is 6.42 Å². The minimum absolute atomic E-state index is 0.0331. The van der Waals surface area contributed by atoms with Crippen molar-refractivity contribution >= 4 is 17.8 Å². The fourth-order valence-corrected chi connectivity index (χ4v) is 3.51. The van der Waals surface area contributed by atoms with Gasteiger partial charge < -0.3 is 15.3 Å². The molecule has 0 aromatic heterocycles. The average molecular weight is 296 g/mol. The molecule has 0 radical (unpaired) electrons. The molecule has 1 saturated heterocycles. The largest absolute Gasteiger partial charge is 0.481 e. The summed E-state index contributed by atoms with van der Waals surface area (Å²) < 4.78 is 0. The molecule has 1 heterocycles. The van der Waals surface area contributed by atoms with Crippen LogP contribution in [0.5, 0.6) is 0 Å². The van der Waals surface area contributed by atoms with Crippen molar-refractivity contribution in [2.24, 2.45) is 11.8 Å². The number of carbonyl (C=O) groups excluding carboxylic acids is 2. The van der Waals surface area contributed by atoms with Crippen molar-refractivity contribution in [3.05, 3.63) is 0 Å². The van der Waals surface area contributed by atoms with E-state index >= 15 is 0 Å². The Kier molecular flexibility index (Phi) is 5.20. The molecule has 3 unspecified atom stereocenters. The van der Waals surface area contributed by atoms with Crippen LogP contribution in [0.2, 0.25) is 0 Å². The first-order valence-corrected chi connectivity index (χ1v) is 7.79. The normalized spacial score (nSPS) is 29.8. The first-order chi connectivity index (χ1) is 10.0. The van der Waals surface area contributed by atoms with Crippen LogP contribution < -0.4 is 5.32 Å². The van der Waals surface area contributed by atoms with Gasteiger partial charge in [0.05, 0.1) is 5.92 Å². The maximum Gasteiger partial charge on any atom is 0.306 e. The van der Waals surface area contributed by atoms with Crippen molar-refractivity contribution in [1.29, 1.82) is 0 Å². The van der Waals surface area contributed by atoms with Crippen molar-refractivity contribution in [2.45, 2.75) is 51.0 Å². The number of aliphatic carboxylic acids is 1. The molecule has 2 aliphatic rings. The summed E-state index contributed by atoms with van der Waals surface area (Å²) in [6.07, 6.45) is 5.12. The van der Waals surface area contributed by atoms with Gasteiger partial charge >= 0.3 is 5.97 Å². The predicted octanol–water partition coefficient (Wildman–Crippen LogP) is 1.00. The van der Waals surface area contributed by atoms with Crippen LogP contribution in [0.4, 0.5) is 0 Å². The Bertz CT molecular complexity index is 424. The molecule has 1 aliphatic heterocycles. The number of carbonyl (C=O) groups is 3. The molecule has 0 aromatic rings. The van der Waals surface area contributed by atoms with Gasteiger partial charge in [-0.05, 0) is 38.5 Å². The van der Waals surface area contributed by atoms with Crippen molar-refractivity contribution in [2.75, 3.05) is 13.6 Å². The zero-order valence-electron chi connectivity index (χ0n) is 12.5. The van der Waals surface area contributed by atoms with Crippen LogP contribution in [-0.4, -0.2) is 47.4 Å². The van der Waals surface area contributed by atoms with Crippen molar-refractivity contribution in [3.63, 3.8) is 0 Å². The number of likely N-dealkylation sites (N-methyl/N-ethyl adjacent to an activating group) is 1. The Balaban J connectivity index is 2.06. The topological polar surface area (TPSA) is 86.7 Å². The number of hydrogen-bond acceptors (Lipinski definition) is 3. The van der Waals surface area contributed by atoms with Crippen LogP contribution >= 0.6 is 0 Å². The van der Waals surface area contributed by atoms with E-state index in [1.54, 1.807) is 11.9 Å². The van der Waals surface area contributed by atoms with Crippen LogP contribution in [0.15, 0.2) is 0 Å². The summed E-state index contributed by atoms with van der Waals surface area (Å²) in [6.45, 7) is 0.602. The molecule has 3 atom stereocenters.